The summed E-state index contributed by atoms with van der Waals surface area (Å²) in [6, 6.07) is 23.3. The number of thioether (sulfide) groups is 1. The van der Waals surface area contributed by atoms with Crippen molar-refractivity contribution in [1.29, 1.82) is 0 Å². The van der Waals surface area contributed by atoms with Crippen LogP contribution in [0.5, 0.6) is 0 Å². The topological polar surface area (TPSA) is 95.5 Å². The predicted octanol–water partition coefficient (Wildman–Crippen LogP) is 4.02. The summed E-state index contributed by atoms with van der Waals surface area (Å²) in [6.45, 7) is 3.24. The zero-order valence-electron chi connectivity index (χ0n) is 19.3. The molecule has 3 N–H and O–H groups in total. The smallest absolute Gasteiger partial charge is 0.265 e. The fraction of sp³-hybridized carbons (Fsp3) is 0.269. The highest BCUT2D eigenvalue weighted by molar-refractivity contribution is 7.99. The summed E-state index contributed by atoms with van der Waals surface area (Å²) in [5.74, 6) is 0.137. The van der Waals surface area contributed by atoms with Gasteiger partial charge in [0.2, 0.25) is 10.0 Å². The zero-order valence-corrected chi connectivity index (χ0v) is 21.0. The fourth-order valence-electron chi connectivity index (χ4n) is 3.52. The lowest BCUT2D eigenvalue weighted by Gasteiger charge is -2.13. The van der Waals surface area contributed by atoms with E-state index in [1.807, 2.05) is 66.2 Å². The van der Waals surface area contributed by atoms with Crippen molar-refractivity contribution in [3.63, 3.8) is 0 Å². The molecule has 0 saturated carbocycles. The highest BCUT2D eigenvalue weighted by Gasteiger charge is 2.16. The van der Waals surface area contributed by atoms with Crippen LogP contribution in [0, 0.1) is 0 Å². The van der Waals surface area contributed by atoms with E-state index in [-0.39, 0.29) is 0 Å². The van der Waals surface area contributed by atoms with E-state index in [4.69, 9.17) is 0 Å². The Balaban J connectivity index is 1.61. The first-order chi connectivity index (χ1) is 16.3. The number of aliphatic hydroxyl groups excluding tert-OH is 1. The number of nitrogens with one attached hydrogen (secondary N) is 2. The third kappa shape index (κ3) is 7.70. The van der Waals surface area contributed by atoms with E-state index in [1.54, 1.807) is 6.07 Å². The van der Waals surface area contributed by atoms with E-state index in [0.29, 0.717) is 12.1 Å². The first-order valence-electron chi connectivity index (χ1n) is 11.1. The molecular weight excluding hydrogens is 468 g/mol. The standard InChI is InChI=1S/C26H30N2O4S2/c1-3-33-25-17-22(13-14-23(25)26(30)28-34(2,31)32)20-11-9-19(10-12-20)15-16-27-18-24(29)21-7-5-4-6-8-21/h4-14,17,24,27,29H,3,15-16,18H2,1-2H3,(H,28,30)/t24-/m1/s1. The SMILES string of the molecule is CCSc1cc(-c2ccc(CCNC[C@@H](O)c3ccccc3)cc2)ccc1C(=O)NS(C)(=O)=O. The summed E-state index contributed by atoms with van der Waals surface area (Å²) in [7, 11) is -3.63. The molecule has 0 saturated heterocycles. The Morgan fingerprint density at radius 1 is 1.00 bits per heavy atom. The molecule has 3 aromatic rings. The molecule has 3 rings (SSSR count). The molecule has 0 aliphatic carbocycles. The van der Waals surface area contributed by atoms with Crippen LogP contribution in [0.25, 0.3) is 11.1 Å². The number of carbonyl (C=O) groups excluding carboxylic acids is 1. The third-order valence-electron chi connectivity index (χ3n) is 5.20. The summed E-state index contributed by atoms with van der Waals surface area (Å²) in [5.41, 5.74) is 4.41. The number of amides is 1. The molecule has 6 nitrogen and oxygen atoms in total. The van der Waals surface area contributed by atoms with Crippen molar-refractivity contribution in [3.8, 4) is 11.1 Å². The van der Waals surface area contributed by atoms with E-state index in [1.165, 1.54) is 17.3 Å². The van der Waals surface area contributed by atoms with Crippen LogP contribution in [0.4, 0.5) is 0 Å². The predicted molar refractivity (Wildman–Crippen MR) is 139 cm³/mol. The van der Waals surface area contributed by atoms with E-state index in [0.717, 1.165) is 46.6 Å². The number of benzene rings is 3. The second kappa shape index (κ2) is 12.2. The second-order valence-corrected chi connectivity index (χ2v) is 11.0. The summed E-state index contributed by atoms with van der Waals surface area (Å²) >= 11 is 1.50. The Hall–Kier alpha value is -2.65. The average Bonchev–Trinajstić information content (AvgIpc) is 2.81. The van der Waals surface area contributed by atoms with Crippen LogP contribution in [-0.4, -0.2) is 44.5 Å². The molecule has 3 aromatic carbocycles. The molecule has 8 heteroatoms. The molecule has 0 aliphatic rings. The molecule has 0 aromatic heterocycles. The lowest BCUT2D eigenvalue weighted by atomic mass is 10.0. The number of aliphatic hydroxyl groups is 1. The zero-order chi connectivity index (χ0) is 24.6. The summed E-state index contributed by atoms with van der Waals surface area (Å²) in [6.07, 6.45) is 1.28. The third-order valence-corrected chi connectivity index (χ3v) is 6.70. The van der Waals surface area contributed by atoms with Crippen LogP contribution in [0.15, 0.2) is 77.7 Å². The van der Waals surface area contributed by atoms with Crippen molar-refractivity contribution in [2.75, 3.05) is 25.1 Å². The second-order valence-electron chi connectivity index (χ2n) is 7.92. The Morgan fingerprint density at radius 2 is 1.68 bits per heavy atom. The summed E-state index contributed by atoms with van der Waals surface area (Å²) in [5, 5.41) is 13.5. The van der Waals surface area contributed by atoms with Crippen LogP contribution >= 0.6 is 11.8 Å². The van der Waals surface area contributed by atoms with Crippen LogP contribution in [0.1, 0.15) is 34.5 Å². The molecule has 1 atom stereocenters. The molecule has 34 heavy (non-hydrogen) atoms. The quantitative estimate of drug-likeness (QED) is 0.273. The lowest BCUT2D eigenvalue weighted by molar-refractivity contribution is 0.0979. The normalized spacial score (nSPS) is 12.3. The number of rotatable bonds is 11. The monoisotopic (exact) mass is 498 g/mol. The summed E-state index contributed by atoms with van der Waals surface area (Å²) in [4.78, 5) is 13.1. The Kier molecular flexibility index (Phi) is 9.29. The lowest BCUT2D eigenvalue weighted by Crippen LogP contribution is -2.29. The van der Waals surface area contributed by atoms with Gasteiger partial charge in [-0.05, 0) is 53.1 Å². The van der Waals surface area contributed by atoms with Gasteiger partial charge in [-0.15, -0.1) is 11.8 Å². The van der Waals surface area contributed by atoms with E-state index < -0.39 is 22.0 Å². The van der Waals surface area contributed by atoms with Crippen molar-refractivity contribution >= 4 is 27.7 Å². The maximum absolute atomic E-state index is 12.4. The van der Waals surface area contributed by atoms with Crippen molar-refractivity contribution in [1.82, 2.24) is 10.0 Å². The van der Waals surface area contributed by atoms with Gasteiger partial charge in [-0.2, -0.15) is 0 Å². The number of sulfonamides is 1. The van der Waals surface area contributed by atoms with Gasteiger partial charge in [0.15, 0.2) is 0 Å². The highest BCUT2D eigenvalue weighted by Crippen LogP contribution is 2.29. The van der Waals surface area contributed by atoms with E-state index >= 15 is 0 Å². The van der Waals surface area contributed by atoms with Gasteiger partial charge in [0.05, 0.1) is 17.9 Å². The average molecular weight is 499 g/mol. The maximum Gasteiger partial charge on any atom is 0.265 e. The van der Waals surface area contributed by atoms with Crippen molar-refractivity contribution in [2.45, 2.75) is 24.3 Å². The Bertz CT molecular complexity index is 1200. The minimum atomic E-state index is -3.63. The first kappa shape index (κ1) is 26.0. The molecular formula is C26H30N2O4S2. The van der Waals surface area contributed by atoms with Crippen LogP contribution < -0.4 is 10.0 Å². The van der Waals surface area contributed by atoms with Gasteiger partial charge in [-0.3, -0.25) is 4.79 Å². The van der Waals surface area contributed by atoms with E-state index in [2.05, 4.69) is 17.4 Å². The van der Waals surface area contributed by atoms with Crippen LogP contribution in [0.2, 0.25) is 0 Å². The largest absolute Gasteiger partial charge is 0.387 e. The van der Waals surface area contributed by atoms with Gasteiger partial charge in [-0.25, -0.2) is 13.1 Å². The van der Waals surface area contributed by atoms with Gasteiger partial charge in [0, 0.05) is 11.4 Å². The molecule has 0 spiro atoms. The minimum absolute atomic E-state index is 0.349. The number of carbonyl (C=O) groups is 1. The van der Waals surface area contributed by atoms with Crippen molar-refractivity contribution in [3.05, 3.63) is 89.5 Å². The van der Waals surface area contributed by atoms with Gasteiger partial charge in [0.25, 0.3) is 5.91 Å². The molecule has 1 amide bonds. The van der Waals surface area contributed by atoms with Crippen molar-refractivity contribution in [2.24, 2.45) is 0 Å². The molecule has 0 radical (unpaired) electrons. The van der Waals surface area contributed by atoms with E-state index in [9.17, 15) is 18.3 Å². The van der Waals surface area contributed by atoms with Gasteiger partial charge in [-0.1, -0.05) is 67.6 Å². The summed E-state index contributed by atoms with van der Waals surface area (Å²) < 4.78 is 24.9. The van der Waals surface area contributed by atoms with Gasteiger partial charge in [0.1, 0.15) is 0 Å². The van der Waals surface area contributed by atoms with Crippen molar-refractivity contribution < 1.29 is 18.3 Å². The van der Waals surface area contributed by atoms with Gasteiger partial charge < -0.3 is 10.4 Å². The minimum Gasteiger partial charge on any atom is -0.387 e. The molecule has 0 unspecified atom stereocenters. The molecule has 0 heterocycles. The van der Waals surface area contributed by atoms with Crippen LogP contribution in [-0.2, 0) is 16.4 Å². The Labute approximate surface area is 205 Å². The maximum atomic E-state index is 12.4. The molecule has 0 aliphatic heterocycles. The number of hydrogen-bond donors (Lipinski definition) is 3. The first-order valence-corrected chi connectivity index (χ1v) is 14.0. The van der Waals surface area contributed by atoms with Crippen LogP contribution in [0.3, 0.4) is 0 Å². The van der Waals surface area contributed by atoms with Gasteiger partial charge >= 0.3 is 0 Å². The Morgan fingerprint density at radius 3 is 2.32 bits per heavy atom. The number of hydrogen-bond acceptors (Lipinski definition) is 6. The molecule has 180 valence electrons. The molecule has 0 fully saturated rings. The highest BCUT2D eigenvalue weighted by atomic mass is 32.2. The molecule has 0 bridgehead atoms. The fourth-order valence-corrected chi connectivity index (χ4v) is 4.80.